The molecule has 0 saturated carbocycles. The Morgan fingerprint density at radius 3 is 2.43 bits per heavy atom. The highest BCUT2D eigenvalue weighted by molar-refractivity contribution is 9.10. The molecule has 3 aromatic rings. The van der Waals surface area contributed by atoms with Crippen LogP contribution in [0.15, 0.2) is 82.4 Å². The van der Waals surface area contributed by atoms with Crippen molar-refractivity contribution in [3.63, 3.8) is 0 Å². The fourth-order valence-corrected chi connectivity index (χ4v) is 3.79. The summed E-state index contributed by atoms with van der Waals surface area (Å²) in [6, 6.07) is 21.0. The Labute approximate surface area is 224 Å². The monoisotopic (exact) mass is 565 g/mol. The molecule has 0 spiro atoms. The Kier molecular flexibility index (Phi) is 10.9. The van der Waals surface area contributed by atoms with Gasteiger partial charge >= 0.3 is 5.97 Å². The number of carbonyl (C=O) groups excluding carboxylic acids is 3. The Hall–Kier alpha value is -3.98. The van der Waals surface area contributed by atoms with Crippen molar-refractivity contribution in [3.05, 3.63) is 94.0 Å². The average molecular weight is 566 g/mol. The standard InChI is InChI=1S/C28H28BrN3O5/c1-36-25-18-20(15-16-24(25)37-28(35)22-12-7-8-13-23(22)29)19-31-32-26(33)14-6-3-9-17-30-27(34)21-10-4-2-5-11-21/h2,4-5,7-8,10-13,15-16,18-19H,3,6,9,14,17H2,1H3,(H,30,34)(H,32,33). The number of ether oxygens (including phenoxy) is 2. The molecule has 9 heteroatoms. The molecule has 192 valence electrons. The van der Waals surface area contributed by atoms with E-state index < -0.39 is 5.97 Å². The largest absolute Gasteiger partial charge is 0.493 e. The summed E-state index contributed by atoms with van der Waals surface area (Å²) in [5.74, 6) is -0.187. The van der Waals surface area contributed by atoms with E-state index in [1.165, 1.54) is 13.3 Å². The molecule has 0 radical (unpaired) electrons. The predicted molar refractivity (Wildman–Crippen MR) is 145 cm³/mol. The van der Waals surface area contributed by atoms with Crippen LogP contribution in [0.2, 0.25) is 0 Å². The van der Waals surface area contributed by atoms with E-state index in [9.17, 15) is 14.4 Å². The van der Waals surface area contributed by atoms with Gasteiger partial charge in [-0.15, -0.1) is 0 Å². The van der Waals surface area contributed by atoms with Crippen molar-refractivity contribution in [2.45, 2.75) is 25.7 Å². The van der Waals surface area contributed by atoms with Crippen molar-refractivity contribution >= 4 is 39.9 Å². The molecule has 3 aromatic carbocycles. The first kappa shape index (κ1) is 27.6. The zero-order chi connectivity index (χ0) is 26.5. The third-order valence-electron chi connectivity index (χ3n) is 5.29. The minimum atomic E-state index is -0.516. The van der Waals surface area contributed by atoms with Gasteiger partial charge in [0.25, 0.3) is 5.91 Å². The van der Waals surface area contributed by atoms with E-state index in [2.05, 4.69) is 31.8 Å². The first-order chi connectivity index (χ1) is 18.0. The second-order valence-corrected chi connectivity index (χ2v) is 8.86. The van der Waals surface area contributed by atoms with Crippen LogP contribution in [0.3, 0.4) is 0 Å². The number of halogens is 1. The maximum Gasteiger partial charge on any atom is 0.344 e. The molecule has 0 bridgehead atoms. The smallest absolute Gasteiger partial charge is 0.344 e. The molecule has 0 heterocycles. The van der Waals surface area contributed by atoms with E-state index in [0.717, 1.165) is 12.8 Å². The van der Waals surface area contributed by atoms with Gasteiger partial charge < -0.3 is 14.8 Å². The van der Waals surface area contributed by atoms with Gasteiger partial charge in [-0.2, -0.15) is 5.10 Å². The molecule has 0 unspecified atom stereocenters. The molecular formula is C28H28BrN3O5. The van der Waals surface area contributed by atoms with Crippen LogP contribution in [0, 0.1) is 0 Å². The maximum atomic E-state index is 12.5. The van der Waals surface area contributed by atoms with Crippen molar-refractivity contribution in [2.75, 3.05) is 13.7 Å². The van der Waals surface area contributed by atoms with Crippen molar-refractivity contribution in [2.24, 2.45) is 5.10 Å². The van der Waals surface area contributed by atoms with Crippen LogP contribution in [-0.4, -0.2) is 37.7 Å². The number of hydrazone groups is 1. The number of nitrogens with zero attached hydrogens (tertiary/aromatic N) is 1. The Bertz CT molecular complexity index is 1250. The van der Waals surface area contributed by atoms with E-state index >= 15 is 0 Å². The summed E-state index contributed by atoms with van der Waals surface area (Å²) >= 11 is 3.34. The number of esters is 1. The van der Waals surface area contributed by atoms with Gasteiger partial charge in [-0.1, -0.05) is 36.8 Å². The number of amides is 2. The van der Waals surface area contributed by atoms with Crippen LogP contribution in [0.25, 0.3) is 0 Å². The molecule has 2 N–H and O–H groups in total. The molecule has 2 amide bonds. The third kappa shape index (κ3) is 8.88. The SMILES string of the molecule is COc1cc(C=NNC(=O)CCCCCNC(=O)c2ccccc2)ccc1OC(=O)c1ccccc1Br. The van der Waals surface area contributed by atoms with Crippen LogP contribution in [0.5, 0.6) is 11.5 Å². The van der Waals surface area contributed by atoms with Gasteiger partial charge in [0.15, 0.2) is 11.5 Å². The lowest BCUT2D eigenvalue weighted by Gasteiger charge is -2.10. The predicted octanol–water partition coefficient (Wildman–Crippen LogP) is 5.12. The second kappa shape index (κ2) is 14.5. The van der Waals surface area contributed by atoms with E-state index in [4.69, 9.17) is 9.47 Å². The molecule has 3 rings (SSSR count). The molecule has 0 aromatic heterocycles. The fourth-order valence-electron chi connectivity index (χ4n) is 3.35. The first-order valence-corrected chi connectivity index (χ1v) is 12.6. The molecule has 37 heavy (non-hydrogen) atoms. The topological polar surface area (TPSA) is 106 Å². The molecule has 8 nitrogen and oxygen atoms in total. The molecule has 0 fully saturated rings. The molecule has 0 aliphatic carbocycles. The third-order valence-corrected chi connectivity index (χ3v) is 5.98. The lowest BCUT2D eigenvalue weighted by atomic mass is 10.2. The number of unbranched alkanes of at least 4 members (excludes halogenated alkanes) is 2. The van der Waals surface area contributed by atoms with E-state index in [1.54, 1.807) is 48.5 Å². The molecule has 0 saturated heterocycles. The maximum absolute atomic E-state index is 12.5. The Morgan fingerprint density at radius 2 is 1.68 bits per heavy atom. The highest BCUT2D eigenvalue weighted by Crippen LogP contribution is 2.29. The zero-order valence-electron chi connectivity index (χ0n) is 20.4. The van der Waals surface area contributed by atoms with Gasteiger partial charge in [0.1, 0.15) is 0 Å². The minimum absolute atomic E-state index is 0.0974. The highest BCUT2D eigenvalue weighted by atomic mass is 79.9. The van der Waals surface area contributed by atoms with Crippen LogP contribution >= 0.6 is 15.9 Å². The van der Waals surface area contributed by atoms with Gasteiger partial charge in [-0.25, -0.2) is 10.2 Å². The van der Waals surface area contributed by atoms with E-state index in [0.29, 0.717) is 46.3 Å². The quantitative estimate of drug-likeness (QED) is 0.104. The fraction of sp³-hybridized carbons (Fsp3) is 0.214. The zero-order valence-corrected chi connectivity index (χ0v) is 22.0. The molecule has 0 aliphatic rings. The van der Waals surface area contributed by atoms with Gasteiger partial charge in [0.2, 0.25) is 5.91 Å². The summed E-state index contributed by atoms with van der Waals surface area (Å²) in [6.07, 6.45) is 4.10. The number of nitrogens with one attached hydrogen (secondary N) is 2. The molecule has 0 atom stereocenters. The highest BCUT2D eigenvalue weighted by Gasteiger charge is 2.15. The van der Waals surface area contributed by atoms with Crippen molar-refractivity contribution in [1.29, 1.82) is 0 Å². The van der Waals surface area contributed by atoms with Gasteiger partial charge in [-0.05, 0) is 76.8 Å². The summed E-state index contributed by atoms with van der Waals surface area (Å²) in [4.78, 5) is 36.5. The summed E-state index contributed by atoms with van der Waals surface area (Å²) < 4.78 is 11.5. The lowest BCUT2D eigenvalue weighted by Crippen LogP contribution is -2.24. The average Bonchev–Trinajstić information content (AvgIpc) is 2.91. The first-order valence-electron chi connectivity index (χ1n) is 11.8. The summed E-state index contributed by atoms with van der Waals surface area (Å²) in [5, 5.41) is 6.86. The van der Waals surface area contributed by atoms with Crippen molar-refractivity contribution in [3.8, 4) is 11.5 Å². The van der Waals surface area contributed by atoms with Crippen LogP contribution in [-0.2, 0) is 4.79 Å². The number of carbonyl (C=O) groups is 3. The number of benzene rings is 3. The van der Waals surface area contributed by atoms with Gasteiger partial charge in [0, 0.05) is 23.0 Å². The van der Waals surface area contributed by atoms with Crippen molar-refractivity contribution in [1.82, 2.24) is 10.7 Å². The normalized spacial score (nSPS) is 10.6. The second-order valence-electron chi connectivity index (χ2n) is 8.01. The summed E-state index contributed by atoms with van der Waals surface area (Å²) in [7, 11) is 1.47. The molecule has 0 aliphatic heterocycles. The van der Waals surface area contributed by atoms with Crippen LogP contribution in [0.1, 0.15) is 52.0 Å². The number of methoxy groups -OCH3 is 1. The summed E-state index contributed by atoms with van der Waals surface area (Å²) in [5.41, 5.74) is 4.19. The number of rotatable bonds is 12. The van der Waals surface area contributed by atoms with Crippen molar-refractivity contribution < 1.29 is 23.9 Å². The summed E-state index contributed by atoms with van der Waals surface area (Å²) in [6.45, 7) is 0.559. The van der Waals surface area contributed by atoms with E-state index in [1.807, 2.05) is 24.3 Å². The van der Waals surface area contributed by atoms with Gasteiger partial charge in [-0.3, -0.25) is 9.59 Å². The Balaban J connectivity index is 1.38. The van der Waals surface area contributed by atoms with E-state index in [-0.39, 0.29) is 17.6 Å². The van der Waals surface area contributed by atoms with Gasteiger partial charge in [0.05, 0.1) is 18.9 Å². The molecular weight excluding hydrogens is 538 g/mol. The Morgan fingerprint density at radius 1 is 0.919 bits per heavy atom. The number of hydrogen-bond acceptors (Lipinski definition) is 6. The minimum Gasteiger partial charge on any atom is -0.493 e. The lowest BCUT2D eigenvalue weighted by molar-refractivity contribution is -0.121. The number of hydrogen-bond donors (Lipinski definition) is 2. The van der Waals surface area contributed by atoms with Crippen LogP contribution in [0.4, 0.5) is 0 Å². The van der Waals surface area contributed by atoms with Crippen LogP contribution < -0.4 is 20.2 Å².